The number of ether oxygens (including phenoxy) is 1. The molecule has 20 heavy (non-hydrogen) atoms. The van der Waals surface area contributed by atoms with Gasteiger partial charge in [-0.2, -0.15) is 5.10 Å². The molecule has 0 unspecified atom stereocenters. The predicted molar refractivity (Wildman–Crippen MR) is 77.3 cm³/mol. The van der Waals surface area contributed by atoms with Crippen molar-refractivity contribution >= 4 is 11.9 Å². The minimum atomic E-state index is -0.0780. The number of ketones is 1. The van der Waals surface area contributed by atoms with Crippen molar-refractivity contribution in [3.05, 3.63) is 53.9 Å². The van der Waals surface area contributed by atoms with E-state index in [1.807, 2.05) is 24.3 Å². The fourth-order valence-electron chi connectivity index (χ4n) is 1.62. The van der Waals surface area contributed by atoms with Crippen molar-refractivity contribution in [2.24, 2.45) is 7.05 Å². The lowest BCUT2D eigenvalue weighted by molar-refractivity contribution is 0.104. The Kier molecular flexibility index (Phi) is 4.35. The molecule has 0 fully saturated rings. The Labute approximate surface area is 117 Å². The molecule has 0 aliphatic rings. The zero-order valence-corrected chi connectivity index (χ0v) is 11.1. The van der Waals surface area contributed by atoms with E-state index in [0.717, 1.165) is 5.56 Å². The fourth-order valence-corrected chi connectivity index (χ4v) is 1.62. The fraction of sp³-hybridized carbons (Fsp3) is 0.125. The van der Waals surface area contributed by atoms with Crippen molar-refractivity contribution in [2.75, 3.05) is 6.61 Å². The van der Waals surface area contributed by atoms with Gasteiger partial charge in [-0.05, 0) is 23.8 Å². The van der Waals surface area contributed by atoms with E-state index < -0.39 is 0 Å². The molecule has 1 aromatic heterocycles. The number of allylic oxidation sites excluding steroid dienone is 1. The van der Waals surface area contributed by atoms with E-state index in [-0.39, 0.29) is 12.4 Å². The summed E-state index contributed by atoms with van der Waals surface area (Å²) in [6.07, 6.45) is 11.6. The first-order chi connectivity index (χ1) is 9.69. The smallest absolute Gasteiger partial charge is 0.189 e. The van der Waals surface area contributed by atoms with Crippen LogP contribution in [0.4, 0.5) is 0 Å². The Morgan fingerprint density at radius 2 is 2.20 bits per heavy atom. The van der Waals surface area contributed by atoms with Gasteiger partial charge in [0.05, 0.1) is 11.8 Å². The third kappa shape index (κ3) is 3.59. The molecular weight excluding hydrogens is 252 g/mol. The summed E-state index contributed by atoms with van der Waals surface area (Å²) in [5, 5.41) is 3.96. The zero-order valence-electron chi connectivity index (χ0n) is 11.1. The average molecular weight is 266 g/mol. The topological polar surface area (TPSA) is 44.1 Å². The van der Waals surface area contributed by atoms with Gasteiger partial charge >= 0.3 is 0 Å². The van der Waals surface area contributed by atoms with Gasteiger partial charge in [0, 0.05) is 13.2 Å². The van der Waals surface area contributed by atoms with Gasteiger partial charge in [0.25, 0.3) is 0 Å². The number of benzene rings is 1. The predicted octanol–water partition coefficient (Wildman–Crippen LogP) is 2.33. The van der Waals surface area contributed by atoms with E-state index in [2.05, 4.69) is 11.0 Å². The van der Waals surface area contributed by atoms with Crippen molar-refractivity contribution in [3.8, 4) is 18.1 Å². The van der Waals surface area contributed by atoms with Crippen LogP contribution in [0.3, 0.4) is 0 Å². The van der Waals surface area contributed by atoms with Crippen LogP contribution in [-0.4, -0.2) is 22.2 Å². The number of aryl methyl sites for hydroxylation is 1. The minimum Gasteiger partial charge on any atom is -0.481 e. The molecule has 0 saturated carbocycles. The molecule has 2 aromatic rings. The Balaban J connectivity index is 2.01. The van der Waals surface area contributed by atoms with Gasteiger partial charge in [-0.15, -0.1) is 6.42 Å². The maximum absolute atomic E-state index is 11.9. The Bertz CT molecular complexity index is 661. The quantitative estimate of drug-likeness (QED) is 0.474. The number of rotatable bonds is 5. The highest BCUT2D eigenvalue weighted by Gasteiger charge is 2.03. The van der Waals surface area contributed by atoms with Crippen LogP contribution in [0.15, 0.2) is 42.7 Å². The van der Waals surface area contributed by atoms with Crippen LogP contribution >= 0.6 is 0 Å². The van der Waals surface area contributed by atoms with Gasteiger partial charge in [-0.3, -0.25) is 9.48 Å². The van der Waals surface area contributed by atoms with E-state index in [1.165, 1.54) is 6.08 Å². The van der Waals surface area contributed by atoms with Crippen molar-refractivity contribution in [1.29, 1.82) is 0 Å². The lowest BCUT2D eigenvalue weighted by Crippen LogP contribution is -1.93. The highest BCUT2D eigenvalue weighted by molar-refractivity contribution is 6.06. The molecule has 2 rings (SSSR count). The standard InChI is InChI=1S/C16H14N2O2/c1-3-10-20-15-7-4-13(5-8-15)6-9-16(19)14-11-17-18(2)12-14/h1,4-9,11-12H,10H2,2H3/b9-6-. The van der Waals surface area contributed by atoms with Crippen molar-refractivity contribution in [2.45, 2.75) is 0 Å². The second kappa shape index (κ2) is 6.39. The molecule has 4 nitrogen and oxygen atoms in total. The summed E-state index contributed by atoms with van der Waals surface area (Å²) >= 11 is 0. The SMILES string of the molecule is C#CCOc1ccc(/C=C\C(=O)c2cnn(C)c2)cc1. The molecule has 0 aliphatic carbocycles. The lowest BCUT2D eigenvalue weighted by atomic mass is 10.1. The van der Waals surface area contributed by atoms with E-state index in [0.29, 0.717) is 11.3 Å². The van der Waals surface area contributed by atoms with Crippen LogP contribution in [0, 0.1) is 12.3 Å². The maximum atomic E-state index is 11.9. The molecule has 1 aromatic carbocycles. The number of hydrogen-bond donors (Lipinski definition) is 0. The largest absolute Gasteiger partial charge is 0.481 e. The first-order valence-electron chi connectivity index (χ1n) is 6.06. The lowest BCUT2D eigenvalue weighted by Gasteiger charge is -2.01. The minimum absolute atomic E-state index is 0.0780. The molecule has 100 valence electrons. The van der Waals surface area contributed by atoms with Crippen LogP contribution in [0.2, 0.25) is 0 Å². The van der Waals surface area contributed by atoms with Gasteiger partial charge in [-0.25, -0.2) is 0 Å². The van der Waals surface area contributed by atoms with Gasteiger partial charge in [0.15, 0.2) is 5.78 Å². The summed E-state index contributed by atoms with van der Waals surface area (Å²) in [6.45, 7) is 0.245. The first-order valence-corrected chi connectivity index (χ1v) is 6.06. The summed E-state index contributed by atoms with van der Waals surface area (Å²) in [7, 11) is 1.77. The summed E-state index contributed by atoms with van der Waals surface area (Å²) in [4.78, 5) is 11.9. The molecule has 0 atom stereocenters. The van der Waals surface area contributed by atoms with Gasteiger partial charge in [-0.1, -0.05) is 24.1 Å². The van der Waals surface area contributed by atoms with Crippen molar-refractivity contribution in [3.63, 3.8) is 0 Å². The number of hydrogen-bond acceptors (Lipinski definition) is 3. The second-order valence-corrected chi connectivity index (χ2v) is 4.16. The van der Waals surface area contributed by atoms with Crippen LogP contribution in [0.25, 0.3) is 6.08 Å². The maximum Gasteiger partial charge on any atom is 0.189 e. The summed E-state index contributed by atoms with van der Waals surface area (Å²) in [5.74, 6) is 3.03. The normalized spacial score (nSPS) is 10.4. The van der Waals surface area contributed by atoms with Crippen LogP contribution in [-0.2, 0) is 7.05 Å². The zero-order chi connectivity index (χ0) is 14.4. The first kappa shape index (κ1) is 13.6. The molecule has 0 radical (unpaired) electrons. The van der Waals surface area contributed by atoms with Crippen LogP contribution in [0.1, 0.15) is 15.9 Å². The Hall–Kier alpha value is -2.80. The van der Waals surface area contributed by atoms with Crippen LogP contribution in [0.5, 0.6) is 5.75 Å². The molecule has 0 saturated heterocycles. The summed E-state index contributed by atoms with van der Waals surface area (Å²) in [6, 6.07) is 7.34. The summed E-state index contributed by atoms with van der Waals surface area (Å²) < 4.78 is 6.87. The summed E-state index contributed by atoms with van der Waals surface area (Å²) in [5.41, 5.74) is 1.48. The third-order valence-electron chi connectivity index (χ3n) is 2.62. The molecule has 0 amide bonds. The molecule has 0 bridgehead atoms. The van der Waals surface area contributed by atoms with Crippen molar-refractivity contribution in [1.82, 2.24) is 9.78 Å². The molecule has 1 heterocycles. The number of carbonyl (C=O) groups excluding carboxylic acids is 1. The molecule has 0 N–H and O–H groups in total. The third-order valence-corrected chi connectivity index (χ3v) is 2.62. The van der Waals surface area contributed by atoms with E-state index in [4.69, 9.17) is 11.2 Å². The molecular formula is C16H14N2O2. The Morgan fingerprint density at radius 3 is 2.80 bits per heavy atom. The molecule has 4 heteroatoms. The van der Waals surface area contributed by atoms with E-state index >= 15 is 0 Å². The average Bonchev–Trinajstić information content (AvgIpc) is 2.90. The Morgan fingerprint density at radius 1 is 1.45 bits per heavy atom. The number of aromatic nitrogens is 2. The monoisotopic (exact) mass is 266 g/mol. The van der Waals surface area contributed by atoms with E-state index in [1.54, 1.807) is 30.2 Å². The second-order valence-electron chi connectivity index (χ2n) is 4.16. The number of carbonyl (C=O) groups is 1. The van der Waals surface area contributed by atoms with Gasteiger partial charge < -0.3 is 4.74 Å². The van der Waals surface area contributed by atoms with Crippen molar-refractivity contribution < 1.29 is 9.53 Å². The number of terminal acetylenes is 1. The molecule has 0 spiro atoms. The van der Waals surface area contributed by atoms with E-state index in [9.17, 15) is 4.79 Å². The highest BCUT2D eigenvalue weighted by atomic mass is 16.5. The molecule has 0 aliphatic heterocycles. The van der Waals surface area contributed by atoms with Gasteiger partial charge in [0.1, 0.15) is 12.4 Å². The number of nitrogens with zero attached hydrogens (tertiary/aromatic N) is 2. The van der Waals surface area contributed by atoms with Gasteiger partial charge in [0.2, 0.25) is 0 Å². The van der Waals surface area contributed by atoms with Crippen LogP contribution < -0.4 is 4.74 Å². The highest BCUT2D eigenvalue weighted by Crippen LogP contribution is 2.13.